The molecule has 180 valence electrons. The number of carbonyl (C=O) groups is 2. The number of nitrogens with one attached hydrogen (secondary N) is 1. The Bertz CT molecular complexity index is 1480. The van der Waals surface area contributed by atoms with Gasteiger partial charge in [-0.15, -0.1) is 11.3 Å². The number of thiophene rings is 1. The van der Waals surface area contributed by atoms with Crippen molar-refractivity contribution in [2.24, 2.45) is 0 Å². The van der Waals surface area contributed by atoms with Gasteiger partial charge in [-0.25, -0.2) is 9.18 Å². The van der Waals surface area contributed by atoms with Gasteiger partial charge in [0.1, 0.15) is 22.1 Å². The number of nitrogens with zero attached hydrogens (tertiary/aromatic N) is 2. The summed E-state index contributed by atoms with van der Waals surface area (Å²) in [6, 6.07) is 10.8. The number of amides is 1. The number of aromatic nitrogens is 2. The van der Waals surface area contributed by atoms with E-state index in [1.165, 1.54) is 16.8 Å². The van der Waals surface area contributed by atoms with Gasteiger partial charge in [0.05, 0.1) is 24.6 Å². The van der Waals surface area contributed by atoms with E-state index in [4.69, 9.17) is 9.47 Å². The average Bonchev–Trinajstić information content (AvgIpc) is 3.28. The molecule has 2 heterocycles. The number of halogens is 1. The van der Waals surface area contributed by atoms with E-state index in [1.807, 2.05) is 0 Å². The summed E-state index contributed by atoms with van der Waals surface area (Å²) in [7, 11) is 1.55. The van der Waals surface area contributed by atoms with Crippen molar-refractivity contribution in [1.29, 1.82) is 0 Å². The second-order valence-electron chi connectivity index (χ2n) is 7.41. The van der Waals surface area contributed by atoms with Crippen LogP contribution in [0.3, 0.4) is 0 Å². The first-order valence-electron chi connectivity index (χ1n) is 10.8. The van der Waals surface area contributed by atoms with E-state index < -0.39 is 28.8 Å². The summed E-state index contributed by atoms with van der Waals surface area (Å²) in [5, 5.41) is 8.79. The van der Waals surface area contributed by atoms with Crippen LogP contribution in [0.4, 0.5) is 9.39 Å². The normalized spacial score (nSPS) is 10.9. The van der Waals surface area contributed by atoms with E-state index in [-0.39, 0.29) is 22.6 Å². The van der Waals surface area contributed by atoms with Crippen LogP contribution < -0.4 is 15.5 Å². The number of fused-ring (bicyclic) bond motifs is 1. The topological polar surface area (TPSA) is 99.5 Å². The molecule has 10 heteroatoms. The number of ether oxygens (including phenoxy) is 2. The van der Waals surface area contributed by atoms with Crippen molar-refractivity contribution in [2.75, 3.05) is 19.0 Å². The number of hydrogen-bond donors (Lipinski definition) is 1. The van der Waals surface area contributed by atoms with Crippen LogP contribution in [0.1, 0.15) is 34.7 Å². The highest BCUT2D eigenvalue weighted by atomic mass is 32.1. The Morgan fingerprint density at radius 1 is 1.14 bits per heavy atom. The van der Waals surface area contributed by atoms with Gasteiger partial charge in [-0.3, -0.25) is 14.3 Å². The monoisotopic (exact) mass is 495 g/mol. The first-order valence-corrected chi connectivity index (χ1v) is 11.7. The average molecular weight is 496 g/mol. The van der Waals surface area contributed by atoms with Crippen molar-refractivity contribution in [2.45, 2.75) is 20.4 Å². The van der Waals surface area contributed by atoms with Crippen LogP contribution in [-0.4, -0.2) is 35.4 Å². The fourth-order valence-corrected chi connectivity index (χ4v) is 4.61. The molecule has 0 radical (unpaired) electrons. The largest absolute Gasteiger partial charge is 0.497 e. The molecule has 0 spiro atoms. The molecule has 8 nitrogen and oxygen atoms in total. The van der Waals surface area contributed by atoms with Gasteiger partial charge in [-0.1, -0.05) is 12.1 Å². The Balaban J connectivity index is 1.77. The molecular formula is C25H22FN3O5S. The van der Waals surface area contributed by atoms with Gasteiger partial charge in [-0.05, 0) is 49.7 Å². The molecular weight excluding hydrogens is 473 g/mol. The quantitative estimate of drug-likeness (QED) is 0.373. The molecule has 0 atom stereocenters. The number of aryl methyl sites for hydroxylation is 1. The molecule has 2 aromatic heterocycles. The second kappa shape index (κ2) is 10.1. The molecule has 0 unspecified atom stereocenters. The molecule has 0 aliphatic heterocycles. The van der Waals surface area contributed by atoms with Crippen LogP contribution in [0.5, 0.6) is 5.75 Å². The summed E-state index contributed by atoms with van der Waals surface area (Å²) in [4.78, 5) is 39.0. The molecule has 2 aromatic carbocycles. The van der Waals surface area contributed by atoms with Gasteiger partial charge < -0.3 is 14.8 Å². The fraction of sp³-hybridized carbons (Fsp3) is 0.200. The molecule has 0 fully saturated rings. The van der Waals surface area contributed by atoms with Crippen LogP contribution in [0, 0.1) is 5.82 Å². The summed E-state index contributed by atoms with van der Waals surface area (Å²) in [5.74, 6) is -1.37. The molecule has 0 bridgehead atoms. The van der Waals surface area contributed by atoms with Crippen LogP contribution in [0.25, 0.3) is 22.0 Å². The lowest BCUT2D eigenvalue weighted by molar-refractivity contribution is 0.0529. The Kier molecular flexibility index (Phi) is 6.92. The minimum atomic E-state index is -0.808. The van der Waals surface area contributed by atoms with Crippen molar-refractivity contribution >= 4 is 39.1 Å². The van der Waals surface area contributed by atoms with Gasteiger partial charge in [0.25, 0.3) is 5.91 Å². The molecule has 0 aliphatic carbocycles. The molecule has 35 heavy (non-hydrogen) atoms. The Labute approximate surface area is 203 Å². The number of benzene rings is 2. The van der Waals surface area contributed by atoms with Gasteiger partial charge in [0.15, 0.2) is 5.69 Å². The molecule has 4 aromatic rings. The predicted molar refractivity (Wildman–Crippen MR) is 132 cm³/mol. The van der Waals surface area contributed by atoms with E-state index in [9.17, 15) is 18.8 Å². The minimum absolute atomic E-state index is 0.0442. The number of anilines is 1. The zero-order chi connectivity index (χ0) is 25.1. The van der Waals surface area contributed by atoms with Gasteiger partial charge in [0.2, 0.25) is 5.43 Å². The lowest BCUT2D eigenvalue weighted by Crippen LogP contribution is -2.27. The smallest absolute Gasteiger partial charge is 0.341 e. The summed E-state index contributed by atoms with van der Waals surface area (Å²) in [6.07, 6.45) is 0. The van der Waals surface area contributed by atoms with Crippen LogP contribution in [0.2, 0.25) is 0 Å². The van der Waals surface area contributed by atoms with E-state index >= 15 is 0 Å². The molecule has 4 rings (SSSR count). The van der Waals surface area contributed by atoms with E-state index in [0.29, 0.717) is 23.4 Å². The van der Waals surface area contributed by atoms with Crippen LogP contribution in [0.15, 0.2) is 52.6 Å². The van der Waals surface area contributed by atoms with Crippen molar-refractivity contribution in [1.82, 2.24) is 9.78 Å². The molecule has 1 amide bonds. The highest BCUT2D eigenvalue weighted by Gasteiger charge is 2.25. The summed E-state index contributed by atoms with van der Waals surface area (Å²) >= 11 is 1.12. The lowest BCUT2D eigenvalue weighted by atomic mass is 10.0. The number of hydrogen-bond acceptors (Lipinski definition) is 7. The second-order valence-corrected chi connectivity index (χ2v) is 8.29. The third-order valence-corrected chi connectivity index (χ3v) is 6.23. The Morgan fingerprint density at radius 2 is 1.89 bits per heavy atom. The maximum Gasteiger partial charge on any atom is 0.341 e. The van der Waals surface area contributed by atoms with E-state index in [0.717, 1.165) is 23.0 Å². The Hall–Kier alpha value is -4.05. The predicted octanol–water partition coefficient (Wildman–Crippen LogP) is 4.72. The molecule has 0 saturated carbocycles. The first kappa shape index (κ1) is 24.1. The van der Waals surface area contributed by atoms with Gasteiger partial charge >= 0.3 is 5.97 Å². The van der Waals surface area contributed by atoms with E-state index in [1.54, 1.807) is 50.6 Å². The summed E-state index contributed by atoms with van der Waals surface area (Å²) in [5.41, 5.74) is 0.758. The third-order valence-electron chi connectivity index (χ3n) is 5.33. The maximum absolute atomic E-state index is 13.8. The highest BCUT2D eigenvalue weighted by molar-refractivity contribution is 7.15. The highest BCUT2D eigenvalue weighted by Crippen LogP contribution is 2.37. The summed E-state index contributed by atoms with van der Waals surface area (Å²) < 4.78 is 25.7. The summed E-state index contributed by atoms with van der Waals surface area (Å²) in [6.45, 7) is 3.97. The Morgan fingerprint density at radius 3 is 2.54 bits per heavy atom. The zero-order valence-electron chi connectivity index (χ0n) is 19.3. The van der Waals surface area contributed by atoms with Gasteiger partial charge in [-0.2, -0.15) is 5.10 Å². The minimum Gasteiger partial charge on any atom is -0.497 e. The number of carbonyl (C=O) groups excluding carboxylic acids is 2. The lowest BCUT2D eigenvalue weighted by Gasteiger charge is -2.11. The van der Waals surface area contributed by atoms with Crippen molar-refractivity contribution < 1.29 is 23.5 Å². The first-order chi connectivity index (χ1) is 16.9. The van der Waals surface area contributed by atoms with Crippen molar-refractivity contribution in [3.05, 3.63) is 75.1 Å². The van der Waals surface area contributed by atoms with Gasteiger partial charge in [0, 0.05) is 17.5 Å². The number of esters is 1. The third kappa shape index (κ3) is 4.65. The fourth-order valence-electron chi connectivity index (χ4n) is 3.65. The standard InChI is InChI=1S/C25H22FN3O5S/c1-4-29-19-11-8-15(26)12-17(19)22(30)21(28-29)23(31)27-24-20(25(32)34-5-2)18(13-35-24)14-6-9-16(33-3)10-7-14/h6-13H,4-5H2,1-3H3,(H,27,31). The maximum atomic E-state index is 13.8. The van der Waals surface area contributed by atoms with Crippen LogP contribution >= 0.6 is 11.3 Å². The SMILES string of the molecule is CCOC(=O)c1c(-c2ccc(OC)cc2)csc1NC(=O)c1nn(CC)c2ccc(F)cc2c1=O. The molecule has 0 aliphatic rings. The molecule has 0 saturated heterocycles. The van der Waals surface area contributed by atoms with Crippen LogP contribution in [-0.2, 0) is 11.3 Å². The zero-order valence-corrected chi connectivity index (χ0v) is 20.1. The van der Waals surface area contributed by atoms with Crippen molar-refractivity contribution in [3.8, 4) is 16.9 Å². The van der Waals surface area contributed by atoms with Crippen molar-refractivity contribution in [3.63, 3.8) is 0 Å². The molecule has 1 N–H and O–H groups in total. The number of methoxy groups -OCH3 is 1. The number of rotatable bonds is 7. The van der Waals surface area contributed by atoms with E-state index in [2.05, 4.69) is 10.4 Å².